The Labute approximate surface area is 106 Å². The van der Waals surface area contributed by atoms with Crippen LogP contribution in [0.4, 0.5) is 8.78 Å². The predicted octanol–water partition coefficient (Wildman–Crippen LogP) is 1.54. The standard InChI is InChI=1S/C13H20F2N2O/c1-17(2)7-3-6-16-9-13(18)11-8-10(14)4-5-12(11)15/h4-5,8,13,16,18H,3,6-7,9H2,1-2H3. The van der Waals surface area contributed by atoms with Crippen LogP contribution in [0.5, 0.6) is 0 Å². The van der Waals surface area contributed by atoms with Crippen molar-refractivity contribution in [3.63, 3.8) is 0 Å². The first-order chi connectivity index (χ1) is 8.50. The highest BCUT2D eigenvalue weighted by atomic mass is 19.1. The number of hydrogen-bond donors (Lipinski definition) is 2. The second-order valence-corrected chi connectivity index (χ2v) is 4.54. The smallest absolute Gasteiger partial charge is 0.129 e. The van der Waals surface area contributed by atoms with Crippen molar-refractivity contribution in [2.75, 3.05) is 33.7 Å². The molecule has 0 aliphatic rings. The van der Waals surface area contributed by atoms with E-state index in [1.54, 1.807) is 0 Å². The minimum atomic E-state index is -1.03. The molecule has 0 aliphatic heterocycles. The molecule has 102 valence electrons. The van der Waals surface area contributed by atoms with Crippen molar-refractivity contribution in [2.45, 2.75) is 12.5 Å². The first-order valence-electron chi connectivity index (χ1n) is 5.99. The second-order valence-electron chi connectivity index (χ2n) is 4.54. The third-order valence-corrected chi connectivity index (χ3v) is 2.61. The lowest BCUT2D eigenvalue weighted by molar-refractivity contribution is 0.169. The molecule has 0 radical (unpaired) electrons. The Morgan fingerprint density at radius 2 is 2.06 bits per heavy atom. The molecule has 0 bridgehead atoms. The summed E-state index contributed by atoms with van der Waals surface area (Å²) in [5.74, 6) is -1.13. The van der Waals surface area contributed by atoms with E-state index in [4.69, 9.17) is 0 Å². The molecule has 0 aromatic heterocycles. The molecule has 1 aromatic rings. The molecular weight excluding hydrogens is 238 g/mol. The van der Waals surface area contributed by atoms with Crippen molar-refractivity contribution in [1.29, 1.82) is 0 Å². The molecule has 0 aliphatic carbocycles. The molecule has 0 saturated heterocycles. The van der Waals surface area contributed by atoms with E-state index in [0.717, 1.165) is 37.7 Å². The molecule has 1 atom stereocenters. The van der Waals surface area contributed by atoms with Crippen molar-refractivity contribution in [2.24, 2.45) is 0 Å². The summed E-state index contributed by atoms with van der Waals surface area (Å²) in [5, 5.41) is 12.8. The van der Waals surface area contributed by atoms with Gasteiger partial charge in [-0.1, -0.05) is 0 Å². The van der Waals surface area contributed by atoms with Gasteiger partial charge in [-0.25, -0.2) is 8.78 Å². The average Bonchev–Trinajstić information content (AvgIpc) is 2.31. The highest BCUT2D eigenvalue weighted by Gasteiger charge is 2.13. The lowest BCUT2D eigenvalue weighted by Crippen LogP contribution is -2.25. The van der Waals surface area contributed by atoms with Gasteiger partial charge in [0.1, 0.15) is 11.6 Å². The lowest BCUT2D eigenvalue weighted by atomic mass is 10.1. The van der Waals surface area contributed by atoms with Gasteiger partial charge >= 0.3 is 0 Å². The van der Waals surface area contributed by atoms with Gasteiger partial charge in [-0.3, -0.25) is 0 Å². The summed E-state index contributed by atoms with van der Waals surface area (Å²) in [6, 6.07) is 3.09. The van der Waals surface area contributed by atoms with Crippen LogP contribution in [0.1, 0.15) is 18.1 Å². The van der Waals surface area contributed by atoms with Crippen LogP contribution in [0.15, 0.2) is 18.2 Å². The van der Waals surface area contributed by atoms with Gasteiger partial charge in [-0.05, 0) is 51.8 Å². The summed E-state index contributed by atoms with van der Waals surface area (Å²) in [6.07, 6.45) is -0.0919. The first-order valence-corrected chi connectivity index (χ1v) is 5.99. The van der Waals surface area contributed by atoms with E-state index in [1.165, 1.54) is 0 Å². The molecule has 1 aromatic carbocycles. The van der Waals surface area contributed by atoms with Crippen LogP contribution in [-0.2, 0) is 0 Å². The average molecular weight is 258 g/mol. The van der Waals surface area contributed by atoms with Crippen LogP contribution in [0.25, 0.3) is 0 Å². The van der Waals surface area contributed by atoms with Crippen molar-refractivity contribution in [3.05, 3.63) is 35.4 Å². The molecule has 2 N–H and O–H groups in total. The van der Waals surface area contributed by atoms with Gasteiger partial charge in [-0.15, -0.1) is 0 Å². The maximum atomic E-state index is 13.3. The number of aliphatic hydroxyl groups excluding tert-OH is 1. The summed E-state index contributed by atoms with van der Waals surface area (Å²) in [5.41, 5.74) is -0.00453. The minimum absolute atomic E-state index is 0.00453. The molecule has 1 unspecified atom stereocenters. The Bertz CT molecular complexity index is 372. The van der Waals surface area contributed by atoms with E-state index in [-0.39, 0.29) is 12.1 Å². The fraction of sp³-hybridized carbons (Fsp3) is 0.538. The summed E-state index contributed by atoms with van der Waals surface area (Å²) < 4.78 is 26.3. The maximum absolute atomic E-state index is 13.3. The topological polar surface area (TPSA) is 35.5 Å². The SMILES string of the molecule is CN(C)CCCNCC(O)c1cc(F)ccc1F. The van der Waals surface area contributed by atoms with E-state index in [9.17, 15) is 13.9 Å². The first kappa shape index (κ1) is 15.0. The van der Waals surface area contributed by atoms with Crippen LogP contribution >= 0.6 is 0 Å². The Balaban J connectivity index is 2.36. The maximum Gasteiger partial charge on any atom is 0.129 e. The molecule has 3 nitrogen and oxygen atoms in total. The van der Waals surface area contributed by atoms with E-state index >= 15 is 0 Å². The Morgan fingerprint density at radius 1 is 1.33 bits per heavy atom. The minimum Gasteiger partial charge on any atom is -0.387 e. The van der Waals surface area contributed by atoms with Crippen molar-refractivity contribution < 1.29 is 13.9 Å². The number of aliphatic hydroxyl groups is 1. The zero-order chi connectivity index (χ0) is 13.5. The lowest BCUT2D eigenvalue weighted by Gasteiger charge is -2.14. The van der Waals surface area contributed by atoms with Gasteiger partial charge in [0, 0.05) is 12.1 Å². The summed E-state index contributed by atoms with van der Waals surface area (Å²) in [4.78, 5) is 2.06. The normalized spacial score (nSPS) is 13.0. The number of hydrogen-bond acceptors (Lipinski definition) is 3. The van der Waals surface area contributed by atoms with Crippen LogP contribution in [0.3, 0.4) is 0 Å². The van der Waals surface area contributed by atoms with Gasteiger partial charge in [0.15, 0.2) is 0 Å². The second kappa shape index (κ2) is 7.41. The fourth-order valence-corrected chi connectivity index (χ4v) is 1.64. The number of rotatable bonds is 7. The zero-order valence-corrected chi connectivity index (χ0v) is 10.8. The van der Waals surface area contributed by atoms with Crippen molar-refractivity contribution in [3.8, 4) is 0 Å². The van der Waals surface area contributed by atoms with E-state index in [0.29, 0.717) is 0 Å². The van der Waals surface area contributed by atoms with Gasteiger partial charge in [0.2, 0.25) is 0 Å². The number of benzene rings is 1. The third-order valence-electron chi connectivity index (χ3n) is 2.61. The van der Waals surface area contributed by atoms with Crippen molar-refractivity contribution in [1.82, 2.24) is 10.2 Å². The number of halogens is 2. The highest BCUT2D eigenvalue weighted by molar-refractivity contribution is 5.21. The molecule has 0 heterocycles. The van der Waals surface area contributed by atoms with E-state index in [1.807, 2.05) is 14.1 Å². The molecule has 18 heavy (non-hydrogen) atoms. The van der Waals surface area contributed by atoms with Gasteiger partial charge in [0.05, 0.1) is 6.10 Å². The molecule has 0 fully saturated rings. The summed E-state index contributed by atoms with van der Waals surface area (Å²) in [7, 11) is 3.97. The van der Waals surface area contributed by atoms with Gasteiger partial charge in [0.25, 0.3) is 0 Å². The van der Waals surface area contributed by atoms with E-state index < -0.39 is 17.7 Å². The van der Waals surface area contributed by atoms with Crippen LogP contribution < -0.4 is 5.32 Å². The third kappa shape index (κ3) is 5.08. The number of nitrogens with one attached hydrogen (secondary N) is 1. The van der Waals surface area contributed by atoms with Gasteiger partial charge in [-0.2, -0.15) is 0 Å². The monoisotopic (exact) mass is 258 g/mol. The molecule has 0 spiro atoms. The largest absolute Gasteiger partial charge is 0.387 e. The van der Waals surface area contributed by atoms with Crippen LogP contribution in [0, 0.1) is 11.6 Å². The van der Waals surface area contributed by atoms with Crippen molar-refractivity contribution >= 4 is 0 Å². The molecular formula is C13H20F2N2O. The zero-order valence-electron chi connectivity index (χ0n) is 10.8. The molecule has 0 saturated carbocycles. The molecule has 1 rings (SSSR count). The highest BCUT2D eigenvalue weighted by Crippen LogP contribution is 2.17. The predicted molar refractivity (Wildman–Crippen MR) is 67.4 cm³/mol. The molecule has 5 heteroatoms. The Kier molecular flexibility index (Phi) is 6.18. The van der Waals surface area contributed by atoms with Crippen LogP contribution in [-0.4, -0.2) is 43.7 Å². The Hall–Kier alpha value is -1.04. The van der Waals surface area contributed by atoms with Gasteiger partial charge < -0.3 is 15.3 Å². The fourth-order valence-electron chi connectivity index (χ4n) is 1.64. The van der Waals surface area contributed by atoms with Crippen LogP contribution in [0.2, 0.25) is 0 Å². The summed E-state index contributed by atoms with van der Waals surface area (Å²) in [6.45, 7) is 1.89. The number of nitrogens with zero attached hydrogens (tertiary/aromatic N) is 1. The summed E-state index contributed by atoms with van der Waals surface area (Å²) >= 11 is 0. The quantitative estimate of drug-likeness (QED) is 0.728. The van der Waals surface area contributed by atoms with E-state index in [2.05, 4.69) is 10.2 Å². The molecule has 0 amide bonds. The Morgan fingerprint density at radius 3 is 2.72 bits per heavy atom.